The van der Waals surface area contributed by atoms with Crippen LogP contribution in [0.4, 0.5) is 0 Å². The third-order valence-corrected chi connectivity index (χ3v) is 18.1. The molecule has 5 unspecified atom stereocenters. The van der Waals surface area contributed by atoms with E-state index < -0.39 is 72.6 Å². The molecule has 0 radical (unpaired) electrons. The van der Waals surface area contributed by atoms with E-state index in [9.17, 15) is 25.2 Å². The van der Waals surface area contributed by atoms with Gasteiger partial charge in [0.2, 0.25) is 0 Å². The lowest BCUT2D eigenvalue weighted by Crippen LogP contribution is -2.67. The molecule has 8 fully saturated rings. The summed E-state index contributed by atoms with van der Waals surface area (Å²) in [7, 11) is 0. The molecule has 13 heteroatoms. The van der Waals surface area contributed by atoms with Crippen LogP contribution in [-0.2, 0) is 38.0 Å². The van der Waals surface area contributed by atoms with Crippen LogP contribution in [0, 0.1) is 45.8 Å². The minimum atomic E-state index is -0.999. The van der Waals surface area contributed by atoms with Crippen molar-refractivity contribution in [2.75, 3.05) is 26.2 Å². The molecule has 5 aliphatic carbocycles. The van der Waals surface area contributed by atoms with Gasteiger partial charge in [-0.15, -0.1) is 0 Å². The lowest BCUT2D eigenvalue weighted by atomic mass is 9.42. The van der Waals surface area contributed by atoms with E-state index in [1.54, 1.807) is 6.08 Å². The molecule has 0 spiro atoms. The van der Waals surface area contributed by atoms with Crippen LogP contribution in [-0.4, -0.2) is 137 Å². The van der Waals surface area contributed by atoms with Crippen molar-refractivity contribution in [1.82, 2.24) is 4.90 Å². The Balaban J connectivity index is 0.744. The van der Waals surface area contributed by atoms with Gasteiger partial charge in [-0.1, -0.05) is 27.7 Å². The normalized spacial score (nSPS) is 51.7. The number of fused-ring (bicyclic) bond motifs is 5. The Morgan fingerprint density at radius 2 is 1.44 bits per heavy atom. The van der Waals surface area contributed by atoms with Crippen molar-refractivity contribution in [3.63, 3.8) is 0 Å². The maximum atomic E-state index is 12.6. The summed E-state index contributed by atoms with van der Waals surface area (Å²) in [6.45, 7) is 18.1. The number of carbonyl (C=O) groups excluding carboxylic acids is 1. The van der Waals surface area contributed by atoms with Gasteiger partial charge in [0.1, 0.15) is 18.8 Å². The summed E-state index contributed by atoms with van der Waals surface area (Å²) in [5.74, 6) is 1.03. The number of aliphatic hydroxyl groups excluding tert-OH is 3. The number of hydrogen-bond donors (Lipinski definition) is 4. The van der Waals surface area contributed by atoms with Crippen molar-refractivity contribution in [3.8, 4) is 0 Å². The zero-order valence-corrected chi connectivity index (χ0v) is 37.9. The van der Waals surface area contributed by atoms with Crippen LogP contribution in [0.3, 0.4) is 0 Å². The Morgan fingerprint density at radius 3 is 2.08 bits per heavy atom. The fourth-order valence-electron chi connectivity index (χ4n) is 15.0. The van der Waals surface area contributed by atoms with Gasteiger partial charge in [0, 0.05) is 50.4 Å². The molecule has 0 aromatic carbocycles. The molecule has 0 bridgehead atoms. The van der Waals surface area contributed by atoms with E-state index in [-0.39, 0.29) is 60.8 Å². The minimum Gasteiger partial charge on any atom is -0.458 e. The second-order valence-corrected chi connectivity index (χ2v) is 22.6. The molecule has 9 aliphatic rings. The summed E-state index contributed by atoms with van der Waals surface area (Å²) in [5, 5.41) is 47.3. The molecule has 5 saturated carbocycles. The maximum Gasteiger partial charge on any atom is 0.331 e. The maximum absolute atomic E-state index is 12.6. The third kappa shape index (κ3) is 8.33. The van der Waals surface area contributed by atoms with Crippen molar-refractivity contribution in [2.24, 2.45) is 45.8 Å². The zero-order chi connectivity index (χ0) is 43.2. The van der Waals surface area contributed by atoms with E-state index in [1.165, 1.54) is 12.8 Å². The van der Waals surface area contributed by atoms with Crippen molar-refractivity contribution in [1.29, 1.82) is 0 Å². The Bertz CT molecular complexity index is 1600. The molecule has 0 amide bonds. The van der Waals surface area contributed by atoms with Crippen LogP contribution in [0.25, 0.3) is 0 Å². The average molecular weight is 860 g/mol. The smallest absolute Gasteiger partial charge is 0.331 e. The second kappa shape index (κ2) is 16.9. The topological polar surface area (TPSA) is 166 Å². The van der Waals surface area contributed by atoms with Crippen molar-refractivity contribution in [3.05, 3.63) is 11.6 Å². The number of ether oxygens (including phenoxy) is 7. The van der Waals surface area contributed by atoms with Crippen LogP contribution in [0.15, 0.2) is 11.6 Å². The van der Waals surface area contributed by atoms with Gasteiger partial charge >= 0.3 is 5.97 Å². The quantitative estimate of drug-likeness (QED) is 0.176. The van der Waals surface area contributed by atoms with Crippen LogP contribution < -0.4 is 0 Å². The molecule has 9 rings (SSSR count). The highest BCUT2D eigenvalue weighted by atomic mass is 16.7. The summed E-state index contributed by atoms with van der Waals surface area (Å²) in [5.41, 5.74) is -0.372. The molecule has 346 valence electrons. The fourth-order valence-corrected chi connectivity index (χ4v) is 15.0. The highest BCUT2D eigenvalue weighted by molar-refractivity contribution is 5.85. The second-order valence-electron chi connectivity index (χ2n) is 22.6. The summed E-state index contributed by atoms with van der Waals surface area (Å²) < 4.78 is 43.6. The molecule has 4 N–H and O–H groups in total. The van der Waals surface area contributed by atoms with Gasteiger partial charge in [-0.3, -0.25) is 0 Å². The Labute approximate surface area is 363 Å². The first-order valence-electron chi connectivity index (χ1n) is 24.1. The van der Waals surface area contributed by atoms with Gasteiger partial charge < -0.3 is 58.5 Å². The van der Waals surface area contributed by atoms with Gasteiger partial charge in [0.05, 0.1) is 48.3 Å². The lowest BCUT2D eigenvalue weighted by Gasteiger charge is -2.65. The minimum absolute atomic E-state index is 0.0191. The SMILES string of the molecule is CC1CN(CC2CC(C)(C)C2)CCC(O[C@@H]2[C@H](C)O[C@@H](O[C@@H]3[C@H](C)O[C@@H](O[C@H]4CC[C@@]5(C)C(CCC6C5C[C@H](O)[C@]5(C)[C@@H](C7=CC(=O)OC7)CC[C@]65O)C4)C[C@@H]3O)C[C@@H]2O)O1. The standard InChI is InChI=1S/C48H77NO12/c1-26-23-49(24-29-21-45(4,5)22-29)15-12-40(56-26)60-43-27(2)58-42(20-37(43)51)61-44-28(3)57-41(19-36(44)50)59-32-10-13-46(6)31(17-32)8-9-34-35(46)18-38(52)47(7)33(11-14-48(34,47)54)30-16-39(53)55-25-30/h16,26-29,31-38,40-44,50-52,54H,8-15,17-25H2,1-7H3/t26?,27-,28-,31?,32-,33+,34?,35?,36-,37-,38-,40?,41-,42-,43+,44+,46-,47-,48-/m0/s1. The number of rotatable bonds is 9. The van der Waals surface area contributed by atoms with E-state index in [0.717, 1.165) is 76.1 Å². The van der Waals surface area contributed by atoms with Crippen LogP contribution >= 0.6 is 0 Å². The van der Waals surface area contributed by atoms with E-state index in [1.807, 2.05) is 13.8 Å². The Morgan fingerprint density at radius 1 is 0.770 bits per heavy atom. The third-order valence-electron chi connectivity index (χ3n) is 18.1. The Kier molecular flexibility index (Phi) is 12.4. The predicted molar refractivity (Wildman–Crippen MR) is 224 cm³/mol. The molecular weight excluding hydrogens is 783 g/mol. The zero-order valence-electron chi connectivity index (χ0n) is 37.9. The molecule has 61 heavy (non-hydrogen) atoms. The highest BCUT2D eigenvalue weighted by Crippen LogP contribution is 2.70. The average Bonchev–Trinajstić information content (AvgIpc) is 3.67. The summed E-state index contributed by atoms with van der Waals surface area (Å²) in [4.78, 5) is 14.5. The molecule has 0 aromatic heterocycles. The molecule has 4 aliphatic heterocycles. The molecule has 0 aromatic rings. The van der Waals surface area contributed by atoms with E-state index in [0.29, 0.717) is 24.2 Å². The number of cyclic esters (lactones) is 1. The van der Waals surface area contributed by atoms with Crippen LogP contribution in [0.5, 0.6) is 0 Å². The van der Waals surface area contributed by atoms with Gasteiger partial charge in [0.15, 0.2) is 18.9 Å². The molecular formula is C48H77NO12. The largest absolute Gasteiger partial charge is 0.458 e. The number of hydrogen-bond acceptors (Lipinski definition) is 13. The highest BCUT2D eigenvalue weighted by Gasteiger charge is 2.71. The fraction of sp³-hybridized carbons (Fsp3) is 0.938. The lowest BCUT2D eigenvalue weighted by molar-refractivity contribution is -0.329. The van der Waals surface area contributed by atoms with Crippen LogP contribution in [0.1, 0.15) is 132 Å². The van der Waals surface area contributed by atoms with Crippen LogP contribution in [0.2, 0.25) is 0 Å². The first-order chi connectivity index (χ1) is 28.8. The number of nitrogens with zero attached hydrogens (tertiary/aromatic N) is 1. The molecule has 4 heterocycles. The molecule has 19 atom stereocenters. The van der Waals surface area contributed by atoms with Gasteiger partial charge in [-0.2, -0.15) is 0 Å². The first kappa shape index (κ1) is 44.9. The van der Waals surface area contributed by atoms with Crippen molar-refractivity contribution in [2.45, 2.75) is 211 Å². The molecule has 13 nitrogen and oxygen atoms in total. The van der Waals surface area contributed by atoms with E-state index in [4.69, 9.17) is 33.2 Å². The number of carbonyl (C=O) groups is 1. The Hall–Kier alpha value is -1.23. The van der Waals surface area contributed by atoms with Gasteiger partial charge in [0.25, 0.3) is 0 Å². The van der Waals surface area contributed by atoms with E-state index >= 15 is 0 Å². The first-order valence-corrected chi connectivity index (χ1v) is 24.1. The van der Waals surface area contributed by atoms with Crippen molar-refractivity contribution < 1.29 is 58.4 Å². The van der Waals surface area contributed by atoms with Crippen molar-refractivity contribution >= 4 is 5.97 Å². The van der Waals surface area contributed by atoms with Gasteiger partial charge in [-0.25, -0.2) is 4.79 Å². The summed E-state index contributed by atoms with van der Waals surface area (Å²) in [6, 6.07) is 0. The molecule has 3 saturated heterocycles. The summed E-state index contributed by atoms with van der Waals surface area (Å²) in [6.07, 6.45) is 5.78. The number of esters is 1. The monoisotopic (exact) mass is 860 g/mol. The number of aliphatic hydroxyl groups is 4. The summed E-state index contributed by atoms with van der Waals surface area (Å²) >= 11 is 0. The predicted octanol–water partition coefficient (Wildman–Crippen LogP) is 5.23. The van der Waals surface area contributed by atoms with Gasteiger partial charge in [-0.05, 0) is 131 Å². The van der Waals surface area contributed by atoms with E-state index in [2.05, 4.69) is 39.5 Å².